The molecule has 2 rings (SSSR count). The maximum absolute atomic E-state index is 11.2. The number of amides is 1. The average Bonchev–Trinajstić information content (AvgIpc) is 2.27. The minimum atomic E-state index is -0.895. The second kappa shape index (κ2) is 3.96. The van der Waals surface area contributed by atoms with Crippen molar-refractivity contribution >= 4 is 11.9 Å². The fourth-order valence-electron chi connectivity index (χ4n) is 2.08. The van der Waals surface area contributed by atoms with Gasteiger partial charge in [-0.1, -0.05) is 12.1 Å². The summed E-state index contributed by atoms with van der Waals surface area (Å²) in [6, 6.07) is 5.23. The first-order chi connectivity index (χ1) is 7.59. The Bertz CT molecular complexity index is 454. The summed E-state index contributed by atoms with van der Waals surface area (Å²) in [5.74, 6) is -0.862. The van der Waals surface area contributed by atoms with Crippen molar-refractivity contribution < 1.29 is 14.7 Å². The van der Waals surface area contributed by atoms with Crippen LogP contribution in [0.5, 0.6) is 0 Å². The Morgan fingerprint density at radius 1 is 1.38 bits per heavy atom. The van der Waals surface area contributed by atoms with Gasteiger partial charge >= 0.3 is 5.97 Å². The van der Waals surface area contributed by atoms with Crippen LogP contribution >= 0.6 is 0 Å². The number of carboxylic acid groups (broad SMARTS) is 1. The molecular formula is C12H13NO3. The van der Waals surface area contributed by atoms with Crippen LogP contribution < -0.4 is 0 Å². The van der Waals surface area contributed by atoms with Crippen molar-refractivity contribution in [3.8, 4) is 0 Å². The predicted molar refractivity (Wildman–Crippen MR) is 58.2 cm³/mol. The van der Waals surface area contributed by atoms with Gasteiger partial charge in [0, 0.05) is 20.0 Å². The molecule has 0 fully saturated rings. The van der Waals surface area contributed by atoms with Gasteiger partial charge in [-0.3, -0.25) is 4.79 Å². The highest BCUT2D eigenvalue weighted by Crippen LogP contribution is 2.22. The Morgan fingerprint density at radius 3 is 2.75 bits per heavy atom. The van der Waals surface area contributed by atoms with Gasteiger partial charge in [0.2, 0.25) is 5.91 Å². The third-order valence-corrected chi connectivity index (χ3v) is 2.94. The molecule has 16 heavy (non-hydrogen) atoms. The van der Waals surface area contributed by atoms with Crippen molar-refractivity contribution in [3.63, 3.8) is 0 Å². The zero-order valence-electron chi connectivity index (χ0n) is 9.06. The minimum Gasteiger partial charge on any atom is -0.478 e. The predicted octanol–water partition coefficient (Wildman–Crippen LogP) is 1.29. The van der Waals surface area contributed by atoms with Gasteiger partial charge in [-0.15, -0.1) is 0 Å². The van der Waals surface area contributed by atoms with E-state index in [9.17, 15) is 9.59 Å². The number of hydrogen-bond donors (Lipinski definition) is 1. The molecule has 1 aromatic carbocycles. The lowest BCUT2D eigenvalue weighted by Crippen LogP contribution is -2.34. The summed E-state index contributed by atoms with van der Waals surface area (Å²) in [5, 5.41) is 9.04. The van der Waals surface area contributed by atoms with Crippen LogP contribution in [-0.2, 0) is 17.8 Å². The molecule has 1 heterocycles. The van der Waals surface area contributed by atoms with Gasteiger partial charge in [-0.2, -0.15) is 0 Å². The van der Waals surface area contributed by atoms with Crippen LogP contribution in [0.2, 0.25) is 0 Å². The molecule has 1 N–H and O–H groups in total. The summed E-state index contributed by atoms with van der Waals surface area (Å²) < 4.78 is 0. The maximum atomic E-state index is 11.2. The van der Waals surface area contributed by atoms with Gasteiger partial charge in [-0.25, -0.2) is 4.79 Å². The van der Waals surface area contributed by atoms with E-state index in [1.807, 2.05) is 6.07 Å². The van der Waals surface area contributed by atoms with E-state index in [1.165, 1.54) is 6.92 Å². The van der Waals surface area contributed by atoms with E-state index in [0.29, 0.717) is 25.1 Å². The van der Waals surface area contributed by atoms with Crippen molar-refractivity contribution in [2.45, 2.75) is 19.9 Å². The number of benzene rings is 1. The zero-order valence-corrected chi connectivity index (χ0v) is 9.06. The second-order valence-electron chi connectivity index (χ2n) is 3.94. The number of aromatic carboxylic acids is 1. The first kappa shape index (κ1) is 10.7. The topological polar surface area (TPSA) is 57.6 Å². The van der Waals surface area contributed by atoms with Crippen molar-refractivity contribution in [2.75, 3.05) is 6.54 Å². The number of rotatable bonds is 1. The number of nitrogens with zero attached hydrogens (tertiary/aromatic N) is 1. The number of carbonyl (C=O) groups is 2. The fraction of sp³-hybridized carbons (Fsp3) is 0.333. The van der Waals surface area contributed by atoms with E-state index >= 15 is 0 Å². The van der Waals surface area contributed by atoms with Crippen LogP contribution in [0.25, 0.3) is 0 Å². The molecule has 0 unspecified atom stereocenters. The van der Waals surface area contributed by atoms with Crippen molar-refractivity contribution in [1.82, 2.24) is 4.90 Å². The molecular weight excluding hydrogens is 206 g/mol. The molecule has 0 radical (unpaired) electrons. The number of fused-ring (bicyclic) bond motifs is 1. The lowest BCUT2D eigenvalue weighted by molar-refractivity contribution is -0.129. The van der Waals surface area contributed by atoms with Crippen LogP contribution in [0, 0.1) is 0 Å². The summed E-state index contributed by atoms with van der Waals surface area (Å²) in [6.07, 6.45) is 0.622. The van der Waals surface area contributed by atoms with Crippen LogP contribution in [0.4, 0.5) is 0 Å². The van der Waals surface area contributed by atoms with Gasteiger partial charge in [0.25, 0.3) is 0 Å². The van der Waals surface area contributed by atoms with Gasteiger partial charge in [-0.05, 0) is 23.6 Å². The Kier molecular flexibility index (Phi) is 2.64. The molecule has 0 saturated carbocycles. The highest BCUT2D eigenvalue weighted by atomic mass is 16.4. The molecule has 4 nitrogen and oxygen atoms in total. The van der Waals surface area contributed by atoms with Crippen molar-refractivity contribution in [1.29, 1.82) is 0 Å². The fourth-order valence-corrected chi connectivity index (χ4v) is 2.08. The Hall–Kier alpha value is -1.84. The van der Waals surface area contributed by atoms with E-state index < -0.39 is 5.97 Å². The third-order valence-electron chi connectivity index (χ3n) is 2.94. The van der Waals surface area contributed by atoms with Gasteiger partial charge < -0.3 is 10.0 Å². The largest absolute Gasteiger partial charge is 0.478 e. The van der Waals surface area contributed by atoms with Crippen LogP contribution in [0.15, 0.2) is 18.2 Å². The first-order valence-corrected chi connectivity index (χ1v) is 5.19. The molecule has 1 amide bonds. The molecule has 84 valence electrons. The monoisotopic (exact) mass is 219 g/mol. The standard InChI is InChI=1S/C12H13NO3/c1-8(14)13-6-5-10-9(7-13)3-2-4-11(10)12(15)16/h2-4H,5-7H2,1H3,(H,15,16). The molecule has 1 aliphatic heterocycles. The number of carbonyl (C=O) groups excluding carboxylic acids is 1. The Morgan fingerprint density at radius 2 is 2.12 bits per heavy atom. The Balaban J connectivity index is 2.38. The van der Waals surface area contributed by atoms with E-state index in [-0.39, 0.29) is 5.91 Å². The second-order valence-corrected chi connectivity index (χ2v) is 3.94. The van der Waals surface area contributed by atoms with E-state index in [2.05, 4.69) is 0 Å². The van der Waals surface area contributed by atoms with Gasteiger partial charge in [0.05, 0.1) is 5.56 Å². The molecule has 1 aliphatic rings. The van der Waals surface area contributed by atoms with E-state index in [4.69, 9.17) is 5.11 Å². The SMILES string of the molecule is CC(=O)N1CCc2c(cccc2C(=O)O)C1. The Labute approximate surface area is 93.5 Å². The average molecular weight is 219 g/mol. The quantitative estimate of drug-likeness (QED) is 0.774. The van der Waals surface area contributed by atoms with E-state index in [1.54, 1.807) is 17.0 Å². The maximum Gasteiger partial charge on any atom is 0.335 e. The highest BCUT2D eigenvalue weighted by Gasteiger charge is 2.22. The first-order valence-electron chi connectivity index (χ1n) is 5.19. The van der Waals surface area contributed by atoms with Crippen molar-refractivity contribution in [3.05, 3.63) is 34.9 Å². The third kappa shape index (κ3) is 1.78. The number of carboxylic acids is 1. The zero-order chi connectivity index (χ0) is 11.7. The molecule has 0 saturated heterocycles. The summed E-state index contributed by atoms with van der Waals surface area (Å²) in [4.78, 5) is 24.0. The van der Waals surface area contributed by atoms with E-state index in [0.717, 1.165) is 11.1 Å². The van der Waals surface area contributed by atoms with Crippen LogP contribution in [0.3, 0.4) is 0 Å². The molecule has 4 heteroatoms. The summed E-state index contributed by atoms with van der Waals surface area (Å²) in [6.45, 7) is 2.66. The summed E-state index contributed by atoms with van der Waals surface area (Å²) in [7, 11) is 0. The molecule has 0 atom stereocenters. The van der Waals surface area contributed by atoms with Gasteiger partial charge in [0.1, 0.15) is 0 Å². The van der Waals surface area contributed by atoms with Crippen LogP contribution in [-0.4, -0.2) is 28.4 Å². The molecule has 0 spiro atoms. The smallest absolute Gasteiger partial charge is 0.335 e. The summed E-state index contributed by atoms with van der Waals surface area (Å²) >= 11 is 0. The van der Waals surface area contributed by atoms with Gasteiger partial charge in [0.15, 0.2) is 0 Å². The lowest BCUT2D eigenvalue weighted by Gasteiger charge is -2.28. The highest BCUT2D eigenvalue weighted by molar-refractivity contribution is 5.90. The summed E-state index contributed by atoms with van der Waals surface area (Å²) in [5.41, 5.74) is 2.18. The van der Waals surface area contributed by atoms with Crippen molar-refractivity contribution in [2.24, 2.45) is 0 Å². The lowest BCUT2D eigenvalue weighted by atomic mass is 9.94. The van der Waals surface area contributed by atoms with Crippen LogP contribution in [0.1, 0.15) is 28.4 Å². The molecule has 0 bridgehead atoms. The molecule has 1 aromatic rings. The minimum absolute atomic E-state index is 0.0337. The number of hydrogen-bond acceptors (Lipinski definition) is 2. The molecule has 0 aliphatic carbocycles. The molecule has 0 aromatic heterocycles. The normalized spacial score (nSPS) is 14.4.